The fourth-order valence-electron chi connectivity index (χ4n) is 1.96. The van der Waals surface area contributed by atoms with Gasteiger partial charge in [-0.05, 0) is 12.1 Å². The molecule has 1 aromatic carbocycles. The zero-order valence-corrected chi connectivity index (χ0v) is 11.5. The monoisotopic (exact) mass is 291 g/mol. The highest BCUT2D eigenvalue weighted by molar-refractivity contribution is 7.13. The molecule has 6 heteroatoms. The number of rotatable bonds is 4. The number of carbonyl (C=O) groups excluding carboxylic acids is 1. The smallest absolute Gasteiger partial charge is 0.270 e. The van der Waals surface area contributed by atoms with Crippen molar-refractivity contribution in [1.82, 2.24) is 15.6 Å². The number of nitrogens with one attached hydrogen (secondary N) is 2. The predicted octanol–water partition coefficient (Wildman–Crippen LogP) is 1.90. The number of nitrogens with zero attached hydrogens (tertiary/aromatic N) is 1. The number of hydrogen-bond acceptors (Lipinski definition) is 4. The van der Waals surface area contributed by atoms with E-state index in [0.29, 0.717) is 28.7 Å². The molecule has 1 fully saturated rings. The van der Waals surface area contributed by atoms with E-state index >= 15 is 0 Å². The van der Waals surface area contributed by atoms with Gasteiger partial charge in [0.15, 0.2) is 0 Å². The van der Waals surface area contributed by atoms with Gasteiger partial charge in [-0.1, -0.05) is 12.1 Å². The molecule has 2 aromatic rings. The number of halogens is 1. The Balaban J connectivity index is 1.69. The van der Waals surface area contributed by atoms with E-state index in [-0.39, 0.29) is 11.7 Å². The van der Waals surface area contributed by atoms with Crippen molar-refractivity contribution in [2.75, 3.05) is 19.6 Å². The summed E-state index contributed by atoms with van der Waals surface area (Å²) in [6.45, 7) is 2.54. The Bertz CT molecular complexity index is 624. The Morgan fingerprint density at radius 3 is 2.95 bits per heavy atom. The van der Waals surface area contributed by atoms with Gasteiger partial charge >= 0.3 is 0 Å². The molecule has 1 aliphatic rings. The van der Waals surface area contributed by atoms with Gasteiger partial charge in [0.05, 0.1) is 0 Å². The van der Waals surface area contributed by atoms with Gasteiger partial charge in [0.1, 0.15) is 16.5 Å². The number of carbonyl (C=O) groups is 1. The first kappa shape index (κ1) is 13.2. The SMILES string of the molecule is O=C(NCC1CNC1)c1csc(-c2ccccc2F)n1. The van der Waals surface area contributed by atoms with Crippen LogP contribution in [0.25, 0.3) is 10.6 Å². The van der Waals surface area contributed by atoms with Crippen LogP contribution in [0.3, 0.4) is 0 Å². The van der Waals surface area contributed by atoms with E-state index < -0.39 is 0 Å². The molecule has 0 bridgehead atoms. The van der Waals surface area contributed by atoms with Crippen molar-refractivity contribution in [3.05, 3.63) is 41.2 Å². The minimum Gasteiger partial charge on any atom is -0.350 e. The van der Waals surface area contributed by atoms with Crippen molar-refractivity contribution in [1.29, 1.82) is 0 Å². The van der Waals surface area contributed by atoms with Crippen molar-refractivity contribution in [3.8, 4) is 10.6 Å². The lowest BCUT2D eigenvalue weighted by atomic mass is 10.0. The van der Waals surface area contributed by atoms with Crippen molar-refractivity contribution in [2.45, 2.75) is 0 Å². The molecule has 0 unspecified atom stereocenters. The van der Waals surface area contributed by atoms with Crippen LogP contribution in [0.5, 0.6) is 0 Å². The summed E-state index contributed by atoms with van der Waals surface area (Å²) in [5, 5.41) is 8.19. The highest BCUT2D eigenvalue weighted by Gasteiger charge is 2.19. The minimum atomic E-state index is -0.325. The first-order valence-electron chi connectivity index (χ1n) is 6.43. The Morgan fingerprint density at radius 2 is 2.25 bits per heavy atom. The highest BCUT2D eigenvalue weighted by Crippen LogP contribution is 2.25. The maximum Gasteiger partial charge on any atom is 0.270 e. The molecule has 1 aromatic heterocycles. The van der Waals surface area contributed by atoms with Gasteiger partial charge < -0.3 is 10.6 Å². The quantitative estimate of drug-likeness (QED) is 0.904. The summed E-state index contributed by atoms with van der Waals surface area (Å²) in [6.07, 6.45) is 0. The van der Waals surface area contributed by atoms with Crippen LogP contribution in [0.4, 0.5) is 4.39 Å². The minimum absolute atomic E-state index is 0.198. The Morgan fingerprint density at radius 1 is 1.45 bits per heavy atom. The van der Waals surface area contributed by atoms with Gasteiger partial charge in [0.25, 0.3) is 5.91 Å². The van der Waals surface area contributed by atoms with Gasteiger partial charge in [-0.2, -0.15) is 0 Å². The molecule has 1 aliphatic heterocycles. The summed E-state index contributed by atoms with van der Waals surface area (Å²) in [5.41, 5.74) is 0.778. The van der Waals surface area contributed by atoms with Crippen LogP contribution in [0.15, 0.2) is 29.6 Å². The second-order valence-electron chi connectivity index (χ2n) is 4.75. The molecular formula is C14H14FN3OS. The second kappa shape index (κ2) is 5.68. The van der Waals surface area contributed by atoms with Crippen LogP contribution in [0.2, 0.25) is 0 Å². The van der Waals surface area contributed by atoms with Crippen LogP contribution in [-0.2, 0) is 0 Å². The van der Waals surface area contributed by atoms with Gasteiger partial charge in [0, 0.05) is 36.5 Å². The normalized spacial score (nSPS) is 14.8. The predicted molar refractivity (Wildman–Crippen MR) is 76.2 cm³/mol. The number of benzene rings is 1. The van der Waals surface area contributed by atoms with Crippen molar-refractivity contribution < 1.29 is 9.18 Å². The van der Waals surface area contributed by atoms with E-state index in [9.17, 15) is 9.18 Å². The topological polar surface area (TPSA) is 54.0 Å². The van der Waals surface area contributed by atoms with E-state index in [0.717, 1.165) is 13.1 Å². The van der Waals surface area contributed by atoms with Gasteiger partial charge in [-0.3, -0.25) is 4.79 Å². The molecule has 4 nitrogen and oxygen atoms in total. The van der Waals surface area contributed by atoms with Crippen molar-refractivity contribution in [3.63, 3.8) is 0 Å². The molecule has 1 amide bonds. The summed E-state index contributed by atoms with van der Waals surface area (Å²) < 4.78 is 13.7. The van der Waals surface area contributed by atoms with Gasteiger partial charge in [-0.15, -0.1) is 11.3 Å². The standard InChI is InChI=1S/C14H14FN3OS/c15-11-4-2-1-3-10(11)14-18-12(8-20-14)13(19)17-7-9-5-16-6-9/h1-4,8-9,16H,5-7H2,(H,17,19). The summed E-state index contributed by atoms with van der Waals surface area (Å²) in [5.74, 6) is -0.0197. The van der Waals surface area contributed by atoms with Crippen LogP contribution >= 0.6 is 11.3 Å². The average molecular weight is 291 g/mol. The number of thiazole rings is 1. The van der Waals surface area contributed by atoms with E-state index in [4.69, 9.17) is 0 Å². The first-order valence-corrected chi connectivity index (χ1v) is 7.31. The molecule has 0 saturated carbocycles. The largest absolute Gasteiger partial charge is 0.350 e. The number of hydrogen-bond donors (Lipinski definition) is 2. The molecule has 3 rings (SSSR count). The van der Waals surface area contributed by atoms with Crippen molar-refractivity contribution in [2.24, 2.45) is 5.92 Å². The molecule has 1 saturated heterocycles. The third kappa shape index (κ3) is 2.71. The Labute approximate surface area is 120 Å². The number of aromatic nitrogens is 1. The molecule has 0 aliphatic carbocycles. The zero-order valence-electron chi connectivity index (χ0n) is 10.7. The van der Waals surface area contributed by atoms with Crippen LogP contribution in [0, 0.1) is 11.7 Å². The summed E-state index contributed by atoms with van der Waals surface area (Å²) in [4.78, 5) is 16.2. The summed E-state index contributed by atoms with van der Waals surface area (Å²) >= 11 is 1.27. The number of amides is 1. The second-order valence-corrected chi connectivity index (χ2v) is 5.61. The lowest BCUT2D eigenvalue weighted by Crippen LogP contribution is -2.48. The Hall–Kier alpha value is -1.79. The summed E-state index contributed by atoms with van der Waals surface area (Å²) in [7, 11) is 0. The molecule has 20 heavy (non-hydrogen) atoms. The fraction of sp³-hybridized carbons (Fsp3) is 0.286. The van der Waals surface area contributed by atoms with Crippen LogP contribution in [0.1, 0.15) is 10.5 Å². The fourth-order valence-corrected chi connectivity index (χ4v) is 2.78. The van der Waals surface area contributed by atoms with Crippen LogP contribution in [-0.4, -0.2) is 30.5 Å². The molecule has 2 N–H and O–H groups in total. The highest BCUT2D eigenvalue weighted by atomic mass is 32.1. The maximum absolute atomic E-state index is 13.7. The van der Waals surface area contributed by atoms with E-state index in [1.54, 1.807) is 23.6 Å². The molecule has 2 heterocycles. The lowest BCUT2D eigenvalue weighted by molar-refractivity contribution is 0.0938. The third-order valence-electron chi connectivity index (χ3n) is 3.26. The van der Waals surface area contributed by atoms with Gasteiger partial charge in [0.2, 0.25) is 0 Å². The molecule has 104 valence electrons. The summed E-state index contributed by atoms with van der Waals surface area (Å²) in [6, 6.07) is 6.44. The van der Waals surface area contributed by atoms with E-state index in [1.165, 1.54) is 17.4 Å². The Kier molecular flexibility index (Phi) is 3.75. The maximum atomic E-state index is 13.7. The van der Waals surface area contributed by atoms with Gasteiger partial charge in [-0.25, -0.2) is 9.37 Å². The van der Waals surface area contributed by atoms with Crippen molar-refractivity contribution >= 4 is 17.2 Å². The third-order valence-corrected chi connectivity index (χ3v) is 4.13. The van der Waals surface area contributed by atoms with E-state index in [1.807, 2.05) is 0 Å². The molecular weight excluding hydrogens is 277 g/mol. The van der Waals surface area contributed by atoms with Crippen LogP contribution < -0.4 is 10.6 Å². The molecule has 0 radical (unpaired) electrons. The first-order chi connectivity index (χ1) is 9.74. The molecule has 0 atom stereocenters. The van der Waals surface area contributed by atoms with E-state index in [2.05, 4.69) is 15.6 Å². The zero-order chi connectivity index (χ0) is 13.9. The average Bonchev–Trinajstić information content (AvgIpc) is 2.87. The lowest BCUT2D eigenvalue weighted by Gasteiger charge is -2.26. The molecule has 0 spiro atoms.